The highest BCUT2D eigenvalue weighted by molar-refractivity contribution is 6.31. The number of aliphatic hydroxyl groups is 1. The van der Waals surface area contributed by atoms with Crippen molar-refractivity contribution in [2.45, 2.75) is 31.1 Å². The third-order valence-electron chi connectivity index (χ3n) is 5.55. The summed E-state index contributed by atoms with van der Waals surface area (Å²) in [7, 11) is 0. The lowest BCUT2D eigenvalue weighted by Gasteiger charge is -2.43. The van der Waals surface area contributed by atoms with Crippen molar-refractivity contribution in [1.29, 1.82) is 0 Å². The number of amides is 3. The van der Waals surface area contributed by atoms with E-state index in [9.17, 15) is 36.6 Å². The average Bonchev–Trinajstić information content (AvgIpc) is 2.63. The molecule has 30 heavy (non-hydrogen) atoms. The first-order valence-corrected chi connectivity index (χ1v) is 9.58. The molecular formula is C18H19ClF5N3O3. The van der Waals surface area contributed by atoms with Crippen LogP contribution in [-0.4, -0.2) is 53.9 Å². The number of piperazine rings is 1. The Hall–Kier alpha value is -2.14. The van der Waals surface area contributed by atoms with Crippen LogP contribution in [0.3, 0.4) is 0 Å². The van der Waals surface area contributed by atoms with E-state index in [-0.39, 0.29) is 31.5 Å². The van der Waals surface area contributed by atoms with Gasteiger partial charge in [0.15, 0.2) is 0 Å². The van der Waals surface area contributed by atoms with Gasteiger partial charge in [0.1, 0.15) is 22.7 Å². The van der Waals surface area contributed by atoms with Gasteiger partial charge in [-0.2, -0.15) is 13.2 Å². The van der Waals surface area contributed by atoms with E-state index < -0.39 is 65.3 Å². The van der Waals surface area contributed by atoms with E-state index in [4.69, 9.17) is 11.6 Å². The number of halogens is 6. The first kappa shape index (κ1) is 22.5. The van der Waals surface area contributed by atoms with Crippen LogP contribution < -0.4 is 10.6 Å². The maximum atomic E-state index is 14.6. The second-order valence-electron chi connectivity index (χ2n) is 7.34. The molecule has 1 aliphatic carbocycles. The lowest BCUT2D eigenvalue weighted by atomic mass is 9.69. The highest BCUT2D eigenvalue weighted by Gasteiger charge is 2.51. The van der Waals surface area contributed by atoms with Crippen molar-refractivity contribution in [3.63, 3.8) is 0 Å². The molecule has 166 valence electrons. The molecule has 0 radical (unpaired) electrons. The lowest BCUT2D eigenvalue weighted by Crippen LogP contribution is -2.61. The monoisotopic (exact) mass is 455 g/mol. The minimum absolute atomic E-state index is 0.0397. The molecule has 2 atom stereocenters. The highest BCUT2D eigenvalue weighted by Crippen LogP contribution is 2.50. The lowest BCUT2D eigenvalue weighted by molar-refractivity contribution is -0.206. The quantitative estimate of drug-likeness (QED) is 0.482. The number of aliphatic hydroxyl groups excluding tert-OH is 1. The Morgan fingerprint density at radius 2 is 2.00 bits per heavy atom. The molecule has 0 aromatic heterocycles. The van der Waals surface area contributed by atoms with E-state index in [0.29, 0.717) is 0 Å². The molecule has 1 aromatic rings. The maximum absolute atomic E-state index is 14.6. The molecular weight excluding hydrogens is 437 g/mol. The van der Waals surface area contributed by atoms with Gasteiger partial charge in [-0.1, -0.05) is 17.7 Å². The van der Waals surface area contributed by atoms with Crippen LogP contribution in [0.2, 0.25) is 5.02 Å². The van der Waals surface area contributed by atoms with Crippen molar-refractivity contribution < 1.29 is 36.6 Å². The normalized spacial score (nSPS) is 25.4. The predicted molar refractivity (Wildman–Crippen MR) is 95.5 cm³/mol. The van der Waals surface area contributed by atoms with Crippen LogP contribution >= 0.6 is 11.6 Å². The van der Waals surface area contributed by atoms with Crippen molar-refractivity contribution in [2.24, 2.45) is 11.8 Å². The fourth-order valence-electron chi connectivity index (χ4n) is 3.79. The zero-order valence-electron chi connectivity index (χ0n) is 15.5. The van der Waals surface area contributed by atoms with Crippen molar-refractivity contribution in [2.75, 3.05) is 19.7 Å². The van der Waals surface area contributed by atoms with Crippen LogP contribution in [0.5, 0.6) is 0 Å². The number of carbonyl (C=O) groups is 2. The molecule has 12 heteroatoms. The van der Waals surface area contributed by atoms with Crippen molar-refractivity contribution in [3.8, 4) is 0 Å². The van der Waals surface area contributed by atoms with Gasteiger partial charge < -0.3 is 20.6 Å². The predicted octanol–water partition coefficient (Wildman–Crippen LogP) is 2.75. The molecule has 6 nitrogen and oxygen atoms in total. The van der Waals surface area contributed by atoms with E-state index in [1.54, 1.807) is 0 Å². The molecule has 1 heterocycles. The summed E-state index contributed by atoms with van der Waals surface area (Å²) < 4.78 is 66.9. The summed E-state index contributed by atoms with van der Waals surface area (Å²) in [6.07, 6.45) is -5.13. The Labute approximate surface area is 173 Å². The van der Waals surface area contributed by atoms with Gasteiger partial charge in [-0.25, -0.2) is 13.6 Å². The molecule has 1 aromatic carbocycles. The molecule has 3 rings (SSSR count). The largest absolute Gasteiger partial charge is 0.394 e. The third kappa shape index (κ3) is 4.31. The van der Waals surface area contributed by atoms with Crippen LogP contribution in [-0.2, 0) is 4.79 Å². The van der Waals surface area contributed by atoms with Gasteiger partial charge >= 0.3 is 12.2 Å². The third-order valence-corrected chi connectivity index (χ3v) is 5.90. The number of alkyl halides is 3. The first-order chi connectivity index (χ1) is 14.0. The minimum Gasteiger partial charge on any atom is -0.394 e. The Kier molecular flexibility index (Phi) is 6.42. The molecule has 3 amide bonds. The molecule has 3 N–H and O–H groups in total. The number of hydrogen-bond acceptors (Lipinski definition) is 3. The zero-order valence-corrected chi connectivity index (χ0v) is 16.2. The van der Waals surface area contributed by atoms with E-state index in [0.717, 1.165) is 17.0 Å². The Bertz CT molecular complexity index is 832. The van der Waals surface area contributed by atoms with Crippen LogP contribution in [0.4, 0.5) is 26.7 Å². The minimum atomic E-state index is -4.42. The van der Waals surface area contributed by atoms with Crippen LogP contribution in [0, 0.1) is 23.5 Å². The summed E-state index contributed by atoms with van der Waals surface area (Å²) in [4.78, 5) is 25.6. The van der Waals surface area contributed by atoms with Crippen LogP contribution in [0.1, 0.15) is 24.4 Å². The maximum Gasteiger partial charge on any atom is 0.391 e. The Balaban J connectivity index is 1.86. The van der Waals surface area contributed by atoms with Crippen molar-refractivity contribution >= 4 is 23.5 Å². The van der Waals surface area contributed by atoms with Gasteiger partial charge in [0.05, 0.1) is 18.6 Å². The molecule has 1 saturated carbocycles. The number of hydrogen-bond donors (Lipinski definition) is 3. The van der Waals surface area contributed by atoms with E-state index >= 15 is 0 Å². The second kappa shape index (κ2) is 8.54. The highest BCUT2D eigenvalue weighted by atomic mass is 35.5. The fraction of sp³-hybridized carbons (Fsp3) is 0.556. The summed E-state index contributed by atoms with van der Waals surface area (Å²) in [5, 5.41) is 13.5. The molecule has 2 fully saturated rings. The standard InChI is InChI=1S/C18H19ClF5N3O3/c19-13-11(20)2-1-10(14(13)21)15(8-5-9(6-8)18(22,23)24)26-17(30)27-4-3-25-16(29)12(27)7-28/h1-2,8-9,12,15,28H,3-7H2,(H,25,29)(H,26,30)/t8?,9?,12-,15+/m1/s1. The average molecular weight is 456 g/mol. The molecule has 0 bridgehead atoms. The van der Waals surface area contributed by atoms with Crippen LogP contribution in [0.25, 0.3) is 0 Å². The number of nitrogens with one attached hydrogen (secondary N) is 2. The molecule has 0 spiro atoms. The Morgan fingerprint density at radius 3 is 2.60 bits per heavy atom. The van der Waals surface area contributed by atoms with E-state index in [1.807, 2.05) is 0 Å². The molecule has 0 unspecified atom stereocenters. The number of carbonyl (C=O) groups excluding carboxylic acids is 2. The fourth-order valence-corrected chi connectivity index (χ4v) is 3.96. The summed E-state index contributed by atoms with van der Waals surface area (Å²) in [6.45, 7) is -0.512. The van der Waals surface area contributed by atoms with E-state index in [1.165, 1.54) is 0 Å². The number of rotatable bonds is 4. The number of benzene rings is 1. The van der Waals surface area contributed by atoms with Gasteiger partial charge in [0.2, 0.25) is 5.91 Å². The molecule has 2 aliphatic rings. The van der Waals surface area contributed by atoms with Crippen molar-refractivity contribution in [3.05, 3.63) is 34.4 Å². The summed E-state index contributed by atoms with van der Waals surface area (Å²) >= 11 is 5.60. The number of urea groups is 1. The topological polar surface area (TPSA) is 81.7 Å². The van der Waals surface area contributed by atoms with Gasteiger partial charge in [-0.05, 0) is 24.8 Å². The van der Waals surface area contributed by atoms with Gasteiger partial charge in [-0.15, -0.1) is 0 Å². The zero-order chi connectivity index (χ0) is 22.2. The van der Waals surface area contributed by atoms with Crippen LogP contribution in [0.15, 0.2) is 12.1 Å². The first-order valence-electron chi connectivity index (χ1n) is 9.20. The van der Waals surface area contributed by atoms with Gasteiger partial charge in [-0.3, -0.25) is 4.79 Å². The van der Waals surface area contributed by atoms with Crippen molar-refractivity contribution in [1.82, 2.24) is 15.5 Å². The molecule has 1 saturated heterocycles. The Morgan fingerprint density at radius 1 is 1.33 bits per heavy atom. The number of nitrogens with zero attached hydrogens (tertiary/aromatic N) is 1. The second-order valence-corrected chi connectivity index (χ2v) is 7.72. The van der Waals surface area contributed by atoms with E-state index in [2.05, 4.69) is 10.6 Å². The molecule has 1 aliphatic heterocycles. The summed E-state index contributed by atoms with van der Waals surface area (Å²) in [5.74, 6) is -5.17. The summed E-state index contributed by atoms with van der Waals surface area (Å²) in [5.41, 5.74) is -0.248. The van der Waals surface area contributed by atoms with Gasteiger partial charge in [0, 0.05) is 18.7 Å². The smallest absolute Gasteiger partial charge is 0.391 e. The van der Waals surface area contributed by atoms with Gasteiger partial charge in [0.25, 0.3) is 0 Å². The summed E-state index contributed by atoms with van der Waals surface area (Å²) in [6, 6.07) is -1.38. The SMILES string of the molecule is O=C1NCCN(C(=O)N[C@H](c2ccc(F)c(Cl)c2F)C2CC(C(F)(F)F)C2)[C@@H]1CO.